The van der Waals surface area contributed by atoms with Gasteiger partial charge in [-0.05, 0) is 41.1 Å². The van der Waals surface area contributed by atoms with E-state index < -0.39 is 15.8 Å². The maximum Gasteiger partial charge on any atom is 0.336 e. The number of carboxylic acids is 1. The molecule has 19 heavy (non-hydrogen) atoms. The average molecular weight is 348 g/mol. The summed E-state index contributed by atoms with van der Waals surface area (Å²) in [6.07, 6.45) is 0. The van der Waals surface area contributed by atoms with E-state index in [0.29, 0.717) is 11.0 Å². The summed E-state index contributed by atoms with van der Waals surface area (Å²) >= 11 is 3.23. The Morgan fingerprint density at radius 3 is 2.68 bits per heavy atom. The van der Waals surface area contributed by atoms with Crippen LogP contribution in [-0.4, -0.2) is 43.6 Å². The Hall–Kier alpha value is -1.08. The first-order valence-electron chi connectivity index (χ1n) is 5.80. The molecule has 0 amide bonds. The molecule has 0 spiro atoms. The number of sulfone groups is 1. The number of hydrogen-bond donors (Lipinski definition) is 1. The first kappa shape index (κ1) is 14.3. The Morgan fingerprint density at radius 1 is 1.47 bits per heavy atom. The van der Waals surface area contributed by atoms with Crippen molar-refractivity contribution in [3.05, 3.63) is 28.2 Å². The SMILES string of the molecule is CC1CS(=O)(=O)CCN1c1ccc(C(=O)O)c(Br)c1. The standard InChI is InChI=1S/C12H14BrNO4S/c1-8-7-19(17,18)5-4-14(8)9-2-3-10(12(15)16)11(13)6-9/h2-3,6,8H,4-5,7H2,1H3,(H,15,16). The molecule has 2 rings (SSSR count). The maximum absolute atomic E-state index is 11.5. The van der Waals surface area contributed by atoms with Gasteiger partial charge in [-0.3, -0.25) is 0 Å². The van der Waals surface area contributed by atoms with Crippen molar-refractivity contribution < 1.29 is 18.3 Å². The van der Waals surface area contributed by atoms with E-state index in [4.69, 9.17) is 5.11 Å². The zero-order valence-corrected chi connectivity index (χ0v) is 12.7. The van der Waals surface area contributed by atoms with Crippen LogP contribution < -0.4 is 4.90 Å². The van der Waals surface area contributed by atoms with Crippen molar-refractivity contribution in [2.75, 3.05) is 23.0 Å². The van der Waals surface area contributed by atoms with E-state index in [1.54, 1.807) is 12.1 Å². The Balaban J connectivity index is 2.28. The third-order valence-corrected chi connectivity index (χ3v) is 5.64. The van der Waals surface area contributed by atoms with Gasteiger partial charge in [0.05, 0.1) is 17.1 Å². The highest BCUT2D eigenvalue weighted by Gasteiger charge is 2.28. The normalized spacial score (nSPS) is 22.2. The maximum atomic E-state index is 11.5. The first-order chi connectivity index (χ1) is 8.80. The number of nitrogens with zero attached hydrogens (tertiary/aromatic N) is 1. The van der Waals surface area contributed by atoms with Gasteiger partial charge in [-0.2, -0.15) is 0 Å². The summed E-state index contributed by atoms with van der Waals surface area (Å²) in [5, 5.41) is 8.96. The molecule has 7 heteroatoms. The summed E-state index contributed by atoms with van der Waals surface area (Å²) in [4.78, 5) is 12.9. The molecule has 104 valence electrons. The zero-order chi connectivity index (χ0) is 14.2. The van der Waals surface area contributed by atoms with E-state index >= 15 is 0 Å². The Bertz CT molecular complexity index is 614. The van der Waals surface area contributed by atoms with Gasteiger partial charge in [0.1, 0.15) is 0 Å². The molecule has 1 aliphatic rings. The van der Waals surface area contributed by atoms with Gasteiger partial charge in [-0.25, -0.2) is 13.2 Å². The van der Waals surface area contributed by atoms with Crippen LogP contribution in [0.1, 0.15) is 17.3 Å². The van der Waals surface area contributed by atoms with Crippen LogP contribution in [0.4, 0.5) is 5.69 Å². The van der Waals surface area contributed by atoms with Crippen LogP contribution in [0.25, 0.3) is 0 Å². The number of halogens is 1. The van der Waals surface area contributed by atoms with Crippen molar-refractivity contribution in [2.24, 2.45) is 0 Å². The van der Waals surface area contributed by atoms with Gasteiger partial charge in [0.25, 0.3) is 0 Å². The van der Waals surface area contributed by atoms with E-state index in [9.17, 15) is 13.2 Å². The van der Waals surface area contributed by atoms with Crippen molar-refractivity contribution in [1.29, 1.82) is 0 Å². The topological polar surface area (TPSA) is 74.7 Å². The summed E-state index contributed by atoms with van der Waals surface area (Å²) in [7, 11) is -2.95. The minimum Gasteiger partial charge on any atom is -0.478 e. The lowest BCUT2D eigenvalue weighted by molar-refractivity contribution is 0.0696. The molecule has 5 nitrogen and oxygen atoms in total. The molecule has 1 aliphatic heterocycles. The van der Waals surface area contributed by atoms with Gasteiger partial charge < -0.3 is 10.0 Å². The average Bonchev–Trinajstić information content (AvgIpc) is 2.26. The molecular formula is C12H14BrNO4S. The van der Waals surface area contributed by atoms with E-state index in [0.717, 1.165) is 5.69 Å². The van der Waals surface area contributed by atoms with Gasteiger partial charge in [0.15, 0.2) is 9.84 Å². The fourth-order valence-corrected chi connectivity index (χ4v) is 4.33. The summed E-state index contributed by atoms with van der Waals surface area (Å²) < 4.78 is 23.6. The van der Waals surface area contributed by atoms with Crippen LogP contribution in [0.5, 0.6) is 0 Å². The lowest BCUT2D eigenvalue weighted by atomic mass is 10.1. The monoisotopic (exact) mass is 347 g/mol. The second-order valence-electron chi connectivity index (χ2n) is 4.63. The molecule has 0 radical (unpaired) electrons. The molecule has 1 atom stereocenters. The lowest BCUT2D eigenvalue weighted by Gasteiger charge is -2.35. The van der Waals surface area contributed by atoms with Crippen LogP contribution in [0.2, 0.25) is 0 Å². The highest BCUT2D eigenvalue weighted by molar-refractivity contribution is 9.10. The highest BCUT2D eigenvalue weighted by atomic mass is 79.9. The highest BCUT2D eigenvalue weighted by Crippen LogP contribution is 2.27. The smallest absolute Gasteiger partial charge is 0.336 e. The van der Waals surface area contributed by atoms with Gasteiger partial charge in [0.2, 0.25) is 0 Å². The lowest BCUT2D eigenvalue weighted by Crippen LogP contribution is -2.47. The summed E-state index contributed by atoms with van der Waals surface area (Å²) in [5.41, 5.74) is 1.03. The molecule has 0 aromatic heterocycles. The Morgan fingerprint density at radius 2 is 2.16 bits per heavy atom. The molecule has 1 aromatic rings. The van der Waals surface area contributed by atoms with Crippen molar-refractivity contribution in [1.82, 2.24) is 0 Å². The van der Waals surface area contributed by atoms with Crippen LogP contribution in [0.3, 0.4) is 0 Å². The number of anilines is 1. The van der Waals surface area contributed by atoms with Crippen molar-refractivity contribution in [2.45, 2.75) is 13.0 Å². The van der Waals surface area contributed by atoms with E-state index in [1.165, 1.54) is 6.07 Å². The number of aromatic carboxylic acids is 1. The number of benzene rings is 1. The van der Waals surface area contributed by atoms with Gasteiger partial charge >= 0.3 is 5.97 Å². The van der Waals surface area contributed by atoms with Crippen LogP contribution in [0.15, 0.2) is 22.7 Å². The summed E-state index contributed by atoms with van der Waals surface area (Å²) in [6.45, 7) is 2.29. The Labute approximate surface area is 120 Å². The van der Waals surface area contributed by atoms with Crippen molar-refractivity contribution >= 4 is 37.4 Å². The molecule has 1 aromatic carbocycles. The summed E-state index contributed by atoms with van der Waals surface area (Å²) in [5.74, 6) is -0.728. The number of carbonyl (C=O) groups is 1. The molecule has 0 bridgehead atoms. The second kappa shape index (κ2) is 5.13. The second-order valence-corrected chi connectivity index (χ2v) is 7.71. The van der Waals surface area contributed by atoms with Crippen molar-refractivity contribution in [3.8, 4) is 0 Å². The number of hydrogen-bond acceptors (Lipinski definition) is 4. The zero-order valence-electron chi connectivity index (χ0n) is 10.3. The largest absolute Gasteiger partial charge is 0.478 e. The predicted octanol–water partition coefficient (Wildman–Crippen LogP) is 1.77. The molecular weight excluding hydrogens is 334 g/mol. The molecule has 0 aliphatic carbocycles. The molecule has 1 unspecified atom stereocenters. The van der Waals surface area contributed by atoms with E-state index in [2.05, 4.69) is 15.9 Å². The van der Waals surface area contributed by atoms with Crippen LogP contribution in [-0.2, 0) is 9.84 Å². The third kappa shape index (κ3) is 3.09. The van der Waals surface area contributed by atoms with Gasteiger partial charge in [-0.15, -0.1) is 0 Å². The van der Waals surface area contributed by atoms with E-state index in [-0.39, 0.29) is 23.1 Å². The first-order valence-corrected chi connectivity index (χ1v) is 8.41. The molecule has 1 saturated heterocycles. The fraction of sp³-hybridized carbons (Fsp3) is 0.417. The quantitative estimate of drug-likeness (QED) is 0.882. The molecule has 1 fully saturated rings. The minimum absolute atomic E-state index is 0.110. The van der Waals surface area contributed by atoms with Crippen molar-refractivity contribution in [3.63, 3.8) is 0 Å². The van der Waals surface area contributed by atoms with Gasteiger partial charge in [-0.1, -0.05) is 0 Å². The van der Waals surface area contributed by atoms with Gasteiger partial charge in [0, 0.05) is 22.7 Å². The van der Waals surface area contributed by atoms with Crippen LogP contribution >= 0.6 is 15.9 Å². The number of rotatable bonds is 2. The van der Waals surface area contributed by atoms with E-state index in [1.807, 2.05) is 11.8 Å². The Kier molecular flexibility index (Phi) is 3.87. The fourth-order valence-electron chi connectivity index (χ4n) is 2.24. The van der Waals surface area contributed by atoms with Crippen LogP contribution in [0, 0.1) is 0 Å². The number of carboxylic acid groups (broad SMARTS) is 1. The minimum atomic E-state index is -2.95. The predicted molar refractivity (Wildman–Crippen MR) is 76.6 cm³/mol. The third-order valence-electron chi connectivity index (χ3n) is 3.19. The molecule has 1 heterocycles. The summed E-state index contributed by atoms with van der Waals surface area (Å²) in [6, 6.07) is 4.85. The molecule has 1 N–H and O–H groups in total. The molecule has 0 saturated carbocycles.